The molecule has 0 bridgehead atoms. The van der Waals surface area contributed by atoms with Crippen molar-refractivity contribution in [1.29, 1.82) is 0 Å². The molecular weight excluding hydrogens is 174 g/mol. The van der Waals surface area contributed by atoms with Crippen LogP contribution in [0.4, 0.5) is 0 Å². The molecule has 0 atom stereocenters. The van der Waals surface area contributed by atoms with Gasteiger partial charge in [0, 0.05) is 12.4 Å². The third kappa shape index (κ3) is 0.865. The van der Waals surface area contributed by atoms with Crippen LogP contribution in [0.1, 0.15) is 5.69 Å². The number of pyridine rings is 1. The van der Waals surface area contributed by atoms with Gasteiger partial charge >= 0.3 is 0 Å². The summed E-state index contributed by atoms with van der Waals surface area (Å²) in [6, 6.07) is 7.95. The average Bonchev–Trinajstić information content (AvgIpc) is 2.67. The first kappa shape index (κ1) is 7.50. The van der Waals surface area contributed by atoms with Crippen LogP contribution in [-0.2, 0) is 0 Å². The maximum absolute atomic E-state index is 4.49. The minimum Gasteiger partial charge on any atom is -0.298 e. The highest BCUT2D eigenvalue weighted by molar-refractivity contribution is 5.75. The van der Waals surface area contributed by atoms with Crippen LogP contribution in [0.5, 0.6) is 0 Å². The molecule has 68 valence electrons. The third-order valence-electron chi connectivity index (χ3n) is 2.40. The van der Waals surface area contributed by atoms with Crippen LogP contribution >= 0.6 is 0 Å². The van der Waals surface area contributed by atoms with Gasteiger partial charge in [0.1, 0.15) is 5.52 Å². The van der Waals surface area contributed by atoms with Gasteiger partial charge in [0.25, 0.3) is 0 Å². The molecule has 0 spiro atoms. The first-order valence-corrected chi connectivity index (χ1v) is 4.55. The summed E-state index contributed by atoms with van der Waals surface area (Å²) in [5.74, 6) is 0. The molecule has 0 aliphatic heterocycles. The molecule has 0 aliphatic rings. The summed E-state index contributed by atoms with van der Waals surface area (Å²) in [6.07, 6.45) is 3.80. The Labute approximate surface area is 81.0 Å². The average molecular weight is 183 g/mol. The highest BCUT2D eigenvalue weighted by Crippen LogP contribution is 2.15. The molecule has 3 aromatic rings. The van der Waals surface area contributed by atoms with Gasteiger partial charge in [-0.15, -0.1) is 0 Å². The zero-order valence-corrected chi connectivity index (χ0v) is 7.81. The Morgan fingerprint density at radius 3 is 3.07 bits per heavy atom. The maximum atomic E-state index is 4.49. The van der Waals surface area contributed by atoms with Gasteiger partial charge in [-0.1, -0.05) is 0 Å². The van der Waals surface area contributed by atoms with Gasteiger partial charge in [-0.25, -0.2) is 9.97 Å². The minimum atomic E-state index is 0.915. The fraction of sp³-hybridized carbons (Fsp3) is 0.0909. The van der Waals surface area contributed by atoms with E-state index in [-0.39, 0.29) is 0 Å². The standard InChI is InChI=1S/C11H9N3/c1-8-10-5-3-7-14(10)11-9(13-8)4-2-6-12-11/h2-7H,1H3. The zero-order chi connectivity index (χ0) is 9.54. The number of nitrogens with zero attached hydrogens (tertiary/aromatic N) is 3. The largest absolute Gasteiger partial charge is 0.298 e. The summed E-state index contributed by atoms with van der Waals surface area (Å²) in [5.41, 5.74) is 4.01. The van der Waals surface area contributed by atoms with Crippen LogP contribution in [0, 0.1) is 6.92 Å². The van der Waals surface area contributed by atoms with Crippen LogP contribution in [0.25, 0.3) is 16.7 Å². The van der Waals surface area contributed by atoms with E-state index in [4.69, 9.17) is 0 Å². The molecule has 0 amide bonds. The molecule has 14 heavy (non-hydrogen) atoms. The minimum absolute atomic E-state index is 0.915. The lowest BCUT2D eigenvalue weighted by Crippen LogP contribution is -1.95. The van der Waals surface area contributed by atoms with E-state index in [0.29, 0.717) is 0 Å². The van der Waals surface area contributed by atoms with Gasteiger partial charge in [-0.3, -0.25) is 4.40 Å². The van der Waals surface area contributed by atoms with E-state index in [2.05, 4.69) is 20.4 Å². The molecule has 0 aliphatic carbocycles. The highest BCUT2D eigenvalue weighted by atomic mass is 15.0. The Balaban J connectivity index is 2.66. The Morgan fingerprint density at radius 2 is 2.14 bits per heavy atom. The number of rotatable bonds is 0. The van der Waals surface area contributed by atoms with Crippen LogP contribution in [0.3, 0.4) is 0 Å². The van der Waals surface area contributed by atoms with Crippen molar-refractivity contribution in [3.05, 3.63) is 42.4 Å². The molecular formula is C11H9N3. The fourth-order valence-corrected chi connectivity index (χ4v) is 1.76. The first-order chi connectivity index (χ1) is 6.86. The number of aromatic nitrogens is 3. The van der Waals surface area contributed by atoms with Crippen LogP contribution in [0.15, 0.2) is 36.7 Å². The summed E-state index contributed by atoms with van der Waals surface area (Å²) in [6.45, 7) is 2.02. The Morgan fingerprint density at radius 1 is 1.21 bits per heavy atom. The SMILES string of the molecule is Cc1nc2cccnc2n2cccc12. The second-order valence-corrected chi connectivity index (χ2v) is 3.31. The molecule has 3 aromatic heterocycles. The van der Waals surface area contributed by atoms with Crippen LogP contribution < -0.4 is 0 Å². The van der Waals surface area contributed by atoms with Gasteiger partial charge in [-0.2, -0.15) is 0 Å². The van der Waals surface area contributed by atoms with Crippen molar-refractivity contribution >= 4 is 16.7 Å². The van der Waals surface area contributed by atoms with E-state index in [1.807, 2.05) is 31.3 Å². The van der Waals surface area contributed by atoms with Crippen LogP contribution in [-0.4, -0.2) is 14.4 Å². The zero-order valence-electron chi connectivity index (χ0n) is 7.81. The van der Waals surface area contributed by atoms with E-state index < -0.39 is 0 Å². The third-order valence-corrected chi connectivity index (χ3v) is 2.40. The Bertz CT molecular complexity index is 610. The molecule has 3 heteroatoms. The highest BCUT2D eigenvalue weighted by Gasteiger charge is 2.03. The van der Waals surface area contributed by atoms with E-state index in [1.165, 1.54) is 0 Å². The quantitative estimate of drug-likeness (QED) is 0.534. The number of fused-ring (bicyclic) bond motifs is 3. The fourth-order valence-electron chi connectivity index (χ4n) is 1.76. The van der Waals surface area contributed by atoms with Gasteiger partial charge < -0.3 is 0 Å². The lowest BCUT2D eigenvalue weighted by atomic mass is 10.3. The normalized spacial score (nSPS) is 11.2. The second kappa shape index (κ2) is 2.54. The second-order valence-electron chi connectivity index (χ2n) is 3.31. The monoisotopic (exact) mass is 183 g/mol. The van der Waals surface area contributed by atoms with Crippen molar-refractivity contribution in [2.24, 2.45) is 0 Å². The van der Waals surface area contributed by atoms with Gasteiger partial charge in [0.05, 0.1) is 11.2 Å². The van der Waals surface area contributed by atoms with E-state index >= 15 is 0 Å². The predicted molar refractivity (Wildman–Crippen MR) is 55.2 cm³/mol. The molecule has 3 heterocycles. The molecule has 0 N–H and O–H groups in total. The Kier molecular flexibility index (Phi) is 1.36. The summed E-state index contributed by atoms with van der Waals surface area (Å²) in [7, 11) is 0. The molecule has 0 saturated carbocycles. The lowest BCUT2D eigenvalue weighted by molar-refractivity contribution is 1.13. The van der Waals surface area contributed by atoms with Crippen LogP contribution in [0.2, 0.25) is 0 Å². The van der Waals surface area contributed by atoms with E-state index in [9.17, 15) is 0 Å². The van der Waals surface area contributed by atoms with Crippen molar-refractivity contribution in [3.63, 3.8) is 0 Å². The Hall–Kier alpha value is -1.90. The molecule has 0 radical (unpaired) electrons. The molecule has 0 aromatic carbocycles. The summed E-state index contributed by atoms with van der Waals surface area (Å²) in [4.78, 5) is 8.82. The van der Waals surface area contributed by atoms with E-state index in [1.54, 1.807) is 6.20 Å². The first-order valence-electron chi connectivity index (χ1n) is 4.55. The summed E-state index contributed by atoms with van der Waals surface area (Å²) < 4.78 is 2.07. The maximum Gasteiger partial charge on any atom is 0.163 e. The van der Waals surface area contributed by atoms with Crippen molar-refractivity contribution in [2.45, 2.75) is 6.92 Å². The molecule has 3 nitrogen and oxygen atoms in total. The number of hydrogen-bond acceptors (Lipinski definition) is 2. The number of hydrogen-bond donors (Lipinski definition) is 0. The molecule has 3 rings (SSSR count). The summed E-state index contributed by atoms with van der Waals surface area (Å²) in [5, 5.41) is 0. The topological polar surface area (TPSA) is 30.2 Å². The van der Waals surface area contributed by atoms with Gasteiger partial charge in [-0.05, 0) is 31.2 Å². The summed E-state index contributed by atoms with van der Waals surface area (Å²) >= 11 is 0. The van der Waals surface area contributed by atoms with Gasteiger partial charge in [0.15, 0.2) is 5.65 Å². The van der Waals surface area contributed by atoms with Crippen molar-refractivity contribution in [1.82, 2.24) is 14.4 Å². The molecule has 0 fully saturated rings. The van der Waals surface area contributed by atoms with E-state index in [0.717, 1.165) is 22.4 Å². The smallest absolute Gasteiger partial charge is 0.163 e. The molecule has 0 saturated heterocycles. The van der Waals surface area contributed by atoms with Crippen molar-refractivity contribution in [2.75, 3.05) is 0 Å². The molecule has 0 unspecified atom stereocenters. The lowest BCUT2D eigenvalue weighted by Gasteiger charge is -2.03. The van der Waals surface area contributed by atoms with Crippen molar-refractivity contribution in [3.8, 4) is 0 Å². The van der Waals surface area contributed by atoms with Gasteiger partial charge in [0.2, 0.25) is 0 Å². The van der Waals surface area contributed by atoms with Crippen molar-refractivity contribution < 1.29 is 0 Å². The predicted octanol–water partition coefficient (Wildman–Crippen LogP) is 2.19. The number of aryl methyl sites for hydroxylation is 1.